The Bertz CT molecular complexity index is 1050. The van der Waals surface area contributed by atoms with Crippen LogP contribution < -0.4 is 10.6 Å². The Kier molecular flexibility index (Phi) is 6.43. The van der Waals surface area contributed by atoms with E-state index in [2.05, 4.69) is 0 Å². The zero-order chi connectivity index (χ0) is 24.6. The average molecular weight is 480 g/mol. The van der Waals surface area contributed by atoms with E-state index in [0.29, 0.717) is 12.1 Å². The van der Waals surface area contributed by atoms with Crippen molar-refractivity contribution in [3.8, 4) is 0 Å². The van der Waals surface area contributed by atoms with Gasteiger partial charge < -0.3 is 5.32 Å². The number of nitrogens with one attached hydrogen (secondary N) is 2. The van der Waals surface area contributed by atoms with Gasteiger partial charge in [0.15, 0.2) is 0 Å². The lowest BCUT2D eigenvalue weighted by molar-refractivity contribution is -0.360. The molecule has 0 saturated heterocycles. The first-order valence-electron chi connectivity index (χ1n) is 7.89. The first kappa shape index (κ1) is 24.9. The number of hydrogen-bond donors (Lipinski definition) is 2. The van der Waals surface area contributed by atoms with E-state index >= 15 is 0 Å². The molecule has 0 bridgehead atoms. The molecule has 0 radical (unpaired) electrons. The summed E-state index contributed by atoms with van der Waals surface area (Å²) in [5, 5.41) is 2.64. The zero-order valence-corrected chi connectivity index (χ0v) is 14.9. The predicted octanol–water partition coefficient (Wildman–Crippen LogP) is 5.49. The minimum Gasteiger partial charge on any atom is -0.305 e. The lowest BCUT2D eigenvalue weighted by Crippen LogP contribution is -2.50. The first-order valence-corrected chi connectivity index (χ1v) is 7.89. The third-order valence-electron chi connectivity index (χ3n) is 3.81. The van der Waals surface area contributed by atoms with Crippen molar-refractivity contribution in [2.75, 3.05) is 5.32 Å². The van der Waals surface area contributed by atoms with Crippen LogP contribution in [0.3, 0.4) is 0 Å². The lowest BCUT2D eigenvalue weighted by atomic mass is 10.0. The number of benzene rings is 2. The van der Waals surface area contributed by atoms with Crippen molar-refractivity contribution in [2.45, 2.75) is 18.0 Å². The highest BCUT2D eigenvalue weighted by Gasteiger charge is 2.74. The number of carbonyl (C=O) groups is 2. The van der Waals surface area contributed by atoms with Crippen LogP contribution in [-0.2, 0) is 5.92 Å². The number of halogens is 11. The van der Waals surface area contributed by atoms with Crippen molar-refractivity contribution >= 4 is 17.6 Å². The third-order valence-corrected chi connectivity index (χ3v) is 3.81. The topological polar surface area (TPSA) is 58.2 Å². The molecule has 0 unspecified atom stereocenters. The van der Waals surface area contributed by atoms with Crippen LogP contribution in [0.25, 0.3) is 0 Å². The van der Waals surface area contributed by atoms with Crippen molar-refractivity contribution in [1.82, 2.24) is 5.32 Å². The predicted molar refractivity (Wildman–Crippen MR) is 84.1 cm³/mol. The summed E-state index contributed by atoms with van der Waals surface area (Å²) in [7, 11) is 0. The Hall–Kier alpha value is -3.39. The number of rotatable bonds is 4. The molecule has 174 valence electrons. The number of alkyl halides is 7. The molecule has 0 fully saturated rings. The van der Waals surface area contributed by atoms with Gasteiger partial charge in [-0.3, -0.25) is 10.1 Å². The van der Waals surface area contributed by atoms with Crippen LogP contribution in [0.1, 0.15) is 15.9 Å². The van der Waals surface area contributed by atoms with Crippen molar-refractivity contribution in [2.24, 2.45) is 0 Å². The van der Waals surface area contributed by atoms with Gasteiger partial charge in [0.2, 0.25) is 0 Å². The molecule has 0 spiro atoms. The molecule has 0 heterocycles. The molecular formula is C17H7F11N2O2. The summed E-state index contributed by atoms with van der Waals surface area (Å²) in [4.78, 5) is 23.4. The Morgan fingerprint density at radius 2 is 1.28 bits per heavy atom. The number of urea groups is 1. The van der Waals surface area contributed by atoms with Crippen molar-refractivity contribution in [3.63, 3.8) is 0 Å². The van der Waals surface area contributed by atoms with E-state index in [9.17, 15) is 57.9 Å². The number of carbonyl (C=O) groups excluding carboxylic acids is 2. The largest absolute Gasteiger partial charge is 0.460 e. The van der Waals surface area contributed by atoms with E-state index in [1.165, 1.54) is 10.6 Å². The highest BCUT2D eigenvalue weighted by atomic mass is 19.4. The quantitative estimate of drug-likeness (QED) is 0.569. The maximum absolute atomic E-state index is 13.9. The van der Waals surface area contributed by atoms with Gasteiger partial charge in [-0.25, -0.2) is 22.4 Å². The molecule has 4 nitrogen and oxygen atoms in total. The molecule has 0 aromatic heterocycles. The summed E-state index contributed by atoms with van der Waals surface area (Å²) in [5.74, 6) is -22.1. The van der Waals surface area contributed by atoms with Gasteiger partial charge in [-0.15, -0.1) is 0 Å². The highest BCUT2D eigenvalue weighted by molar-refractivity contribution is 6.08. The van der Waals surface area contributed by atoms with Crippen LogP contribution in [0.5, 0.6) is 0 Å². The maximum atomic E-state index is 13.9. The standard InChI is InChI=1S/C17H7F11N2O2/c18-7-2-1-3-8(19)12(7)13(31)30-14(32)29-11-5-9(20)6(4-10(11)21)15(22,23)16(24,25)17(26,27)28/h1-5H,(H2,29,30,31,32). The molecule has 2 aromatic carbocycles. The fourth-order valence-corrected chi connectivity index (χ4v) is 2.26. The van der Waals surface area contributed by atoms with E-state index in [-0.39, 0.29) is 6.07 Å². The molecule has 0 atom stereocenters. The smallest absolute Gasteiger partial charge is 0.305 e. The minimum absolute atomic E-state index is 0.362. The molecule has 2 N–H and O–H groups in total. The summed E-state index contributed by atoms with van der Waals surface area (Å²) in [6.45, 7) is 0. The summed E-state index contributed by atoms with van der Waals surface area (Å²) in [6, 6.07) is -0.710. The number of hydrogen-bond acceptors (Lipinski definition) is 2. The van der Waals surface area contributed by atoms with Gasteiger partial charge in [-0.05, 0) is 18.2 Å². The summed E-state index contributed by atoms with van der Waals surface area (Å²) >= 11 is 0. The number of imide groups is 1. The van der Waals surface area contributed by atoms with Gasteiger partial charge in [0, 0.05) is 6.07 Å². The number of anilines is 1. The van der Waals surface area contributed by atoms with Gasteiger partial charge >= 0.3 is 24.1 Å². The summed E-state index contributed by atoms with van der Waals surface area (Å²) in [6.07, 6.45) is -6.82. The molecule has 0 aliphatic heterocycles. The van der Waals surface area contributed by atoms with Crippen molar-refractivity contribution in [3.05, 3.63) is 64.7 Å². The van der Waals surface area contributed by atoms with Crippen molar-refractivity contribution in [1.29, 1.82) is 0 Å². The van der Waals surface area contributed by atoms with E-state index < -0.39 is 76.1 Å². The fourth-order valence-electron chi connectivity index (χ4n) is 2.26. The molecule has 0 aliphatic carbocycles. The Morgan fingerprint density at radius 3 is 1.78 bits per heavy atom. The van der Waals surface area contributed by atoms with Gasteiger partial charge in [0.1, 0.15) is 28.8 Å². The Morgan fingerprint density at radius 1 is 0.750 bits per heavy atom. The Labute approximate surface area is 170 Å². The van der Waals surface area contributed by atoms with Crippen LogP contribution in [0.2, 0.25) is 0 Å². The summed E-state index contributed by atoms with van der Waals surface area (Å²) in [5.41, 5.74) is -5.30. The SMILES string of the molecule is O=C(NC(=O)c1c(F)cccc1F)Nc1cc(F)c(C(F)(F)C(F)(F)C(F)(F)F)cc1F. The second kappa shape index (κ2) is 8.27. The highest BCUT2D eigenvalue weighted by Crippen LogP contribution is 2.52. The monoisotopic (exact) mass is 480 g/mol. The minimum atomic E-state index is -6.82. The second-order valence-corrected chi connectivity index (χ2v) is 5.96. The van der Waals surface area contributed by atoms with Gasteiger partial charge in [0.05, 0.1) is 11.3 Å². The van der Waals surface area contributed by atoms with Gasteiger partial charge in [0.25, 0.3) is 5.91 Å². The third kappa shape index (κ3) is 4.45. The normalized spacial score (nSPS) is 12.5. The fraction of sp³-hybridized carbons (Fsp3) is 0.176. The molecular weight excluding hydrogens is 473 g/mol. The molecule has 0 saturated carbocycles. The molecule has 32 heavy (non-hydrogen) atoms. The molecule has 15 heteroatoms. The van der Waals surface area contributed by atoms with Gasteiger partial charge in [-0.2, -0.15) is 30.7 Å². The lowest BCUT2D eigenvalue weighted by Gasteiger charge is -2.28. The van der Waals surface area contributed by atoms with E-state index in [4.69, 9.17) is 0 Å². The van der Waals surface area contributed by atoms with Crippen LogP contribution in [0, 0.1) is 23.3 Å². The molecule has 2 aromatic rings. The Balaban J connectivity index is 2.29. The van der Waals surface area contributed by atoms with Gasteiger partial charge in [-0.1, -0.05) is 6.07 Å². The maximum Gasteiger partial charge on any atom is 0.460 e. The molecule has 2 rings (SSSR count). The van der Waals surface area contributed by atoms with Crippen LogP contribution in [0.4, 0.5) is 58.8 Å². The van der Waals surface area contributed by atoms with Crippen LogP contribution >= 0.6 is 0 Å². The molecule has 3 amide bonds. The van der Waals surface area contributed by atoms with E-state index in [0.717, 1.165) is 6.07 Å². The van der Waals surface area contributed by atoms with Crippen LogP contribution in [0.15, 0.2) is 30.3 Å². The van der Waals surface area contributed by atoms with Crippen molar-refractivity contribution < 1.29 is 57.9 Å². The van der Waals surface area contributed by atoms with E-state index in [1.807, 2.05) is 0 Å². The molecule has 0 aliphatic rings. The van der Waals surface area contributed by atoms with Crippen LogP contribution in [-0.4, -0.2) is 24.0 Å². The average Bonchev–Trinajstić information content (AvgIpc) is 2.62. The first-order chi connectivity index (χ1) is 14.5. The van der Waals surface area contributed by atoms with E-state index in [1.54, 1.807) is 0 Å². The second-order valence-electron chi connectivity index (χ2n) is 5.96. The summed E-state index contributed by atoms with van der Waals surface area (Å²) < 4.78 is 145. The zero-order valence-electron chi connectivity index (χ0n) is 14.9. The number of amides is 3.